The molecular weight excluding hydrogens is 312 g/mol. The molecule has 0 saturated carbocycles. The van der Waals surface area contributed by atoms with Gasteiger partial charge in [0.1, 0.15) is 0 Å². The summed E-state index contributed by atoms with van der Waals surface area (Å²) in [7, 11) is 0. The Morgan fingerprint density at radius 2 is 1.95 bits per heavy atom. The molecule has 1 heterocycles. The molecule has 0 spiro atoms. The summed E-state index contributed by atoms with van der Waals surface area (Å²) in [6.07, 6.45) is 4.19. The quantitative estimate of drug-likeness (QED) is 0.835. The average Bonchev–Trinajstić information content (AvgIpc) is 2.46. The van der Waals surface area contributed by atoms with Crippen molar-refractivity contribution in [2.24, 2.45) is 5.92 Å². The molecule has 2 rings (SSSR count). The highest BCUT2D eigenvalue weighted by Gasteiger charge is 2.14. The molecule has 0 amide bonds. The summed E-state index contributed by atoms with van der Waals surface area (Å²) >= 11 is 3.54. The van der Waals surface area contributed by atoms with Crippen LogP contribution in [0.2, 0.25) is 0 Å². The van der Waals surface area contributed by atoms with Crippen molar-refractivity contribution in [2.45, 2.75) is 39.2 Å². The molecule has 1 aromatic carbocycles. The lowest BCUT2D eigenvalue weighted by molar-refractivity contribution is 0.197. The molecule has 0 bridgehead atoms. The van der Waals surface area contributed by atoms with E-state index in [1.807, 2.05) is 0 Å². The summed E-state index contributed by atoms with van der Waals surface area (Å²) < 4.78 is 1.16. The number of piperidine rings is 1. The van der Waals surface area contributed by atoms with Crippen LogP contribution in [0.3, 0.4) is 0 Å². The van der Waals surface area contributed by atoms with E-state index in [1.54, 1.807) is 0 Å². The van der Waals surface area contributed by atoms with Crippen molar-refractivity contribution < 1.29 is 0 Å². The number of benzene rings is 1. The molecule has 1 aliphatic heterocycles. The van der Waals surface area contributed by atoms with Crippen molar-refractivity contribution in [3.05, 3.63) is 34.3 Å². The van der Waals surface area contributed by atoms with Crippen LogP contribution in [-0.4, -0.2) is 31.1 Å². The number of rotatable bonds is 6. The highest BCUT2D eigenvalue weighted by molar-refractivity contribution is 9.10. The van der Waals surface area contributed by atoms with Gasteiger partial charge in [-0.1, -0.05) is 41.4 Å². The standard InChI is InChI=1S/C17H27BrN2/c1-14(13-20-9-4-3-5-10-20)12-19-15(2)16-7-6-8-17(18)11-16/h6-8,11,14-15,19H,3-5,9-10,12-13H2,1-2H3. The third-order valence-electron chi connectivity index (χ3n) is 4.14. The van der Waals surface area contributed by atoms with Gasteiger partial charge in [0.05, 0.1) is 0 Å². The van der Waals surface area contributed by atoms with E-state index >= 15 is 0 Å². The molecule has 2 nitrogen and oxygen atoms in total. The van der Waals surface area contributed by atoms with E-state index in [0.717, 1.165) is 11.0 Å². The number of halogens is 1. The monoisotopic (exact) mass is 338 g/mol. The van der Waals surface area contributed by atoms with Gasteiger partial charge in [0.15, 0.2) is 0 Å². The van der Waals surface area contributed by atoms with Gasteiger partial charge in [-0.05, 0) is 63.0 Å². The van der Waals surface area contributed by atoms with E-state index in [0.29, 0.717) is 12.0 Å². The van der Waals surface area contributed by atoms with Crippen LogP contribution in [0, 0.1) is 5.92 Å². The maximum atomic E-state index is 3.67. The van der Waals surface area contributed by atoms with Gasteiger partial charge in [-0.3, -0.25) is 0 Å². The summed E-state index contributed by atoms with van der Waals surface area (Å²) in [5, 5.41) is 3.67. The molecule has 1 saturated heterocycles. The third kappa shape index (κ3) is 5.19. The molecule has 1 aliphatic rings. The fourth-order valence-electron chi connectivity index (χ4n) is 2.92. The molecule has 3 heteroatoms. The second-order valence-electron chi connectivity index (χ2n) is 6.15. The predicted molar refractivity (Wildman–Crippen MR) is 90.0 cm³/mol. The predicted octanol–water partition coefficient (Wildman–Crippen LogP) is 4.22. The smallest absolute Gasteiger partial charge is 0.0292 e. The van der Waals surface area contributed by atoms with E-state index in [2.05, 4.69) is 64.3 Å². The molecule has 20 heavy (non-hydrogen) atoms. The van der Waals surface area contributed by atoms with Crippen LogP contribution >= 0.6 is 15.9 Å². The molecule has 2 unspecified atom stereocenters. The Hall–Kier alpha value is -0.380. The van der Waals surface area contributed by atoms with Gasteiger partial charge in [-0.15, -0.1) is 0 Å². The lowest BCUT2D eigenvalue weighted by Gasteiger charge is -2.29. The Morgan fingerprint density at radius 1 is 1.20 bits per heavy atom. The number of likely N-dealkylation sites (tertiary alicyclic amines) is 1. The Bertz CT molecular complexity index is 402. The fourth-order valence-corrected chi connectivity index (χ4v) is 3.34. The molecule has 1 N–H and O–H groups in total. The number of nitrogens with zero attached hydrogens (tertiary/aromatic N) is 1. The van der Waals surface area contributed by atoms with Gasteiger partial charge < -0.3 is 10.2 Å². The first kappa shape index (κ1) is 16.0. The zero-order valence-electron chi connectivity index (χ0n) is 12.7. The minimum absolute atomic E-state index is 0.413. The minimum atomic E-state index is 0.413. The zero-order valence-corrected chi connectivity index (χ0v) is 14.3. The van der Waals surface area contributed by atoms with Gasteiger partial charge in [0.25, 0.3) is 0 Å². The second-order valence-corrected chi connectivity index (χ2v) is 7.07. The van der Waals surface area contributed by atoms with E-state index in [1.165, 1.54) is 44.5 Å². The molecule has 1 aromatic rings. The normalized spacial score (nSPS) is 19.8. The van der Waals surface area contributed by atoms with Gasteiger partial charge >= 0.3 is 0 Å². The highest BCUT2D eigenvalue weighted by Crippen LogP contribution is 2.18. The zero-order chi connectivity index (χ0) is 14.4. The Labute approximate surface area is 132 Å². The van der Waals surface area contributed by atoms with Gasteiger partial charge in [0, 0.05) is 17.1 Å². The van der Waals surface area contributed by atoms with E-state index in [4.69, 9.17) is 0 Å². The lowest BCUT2D eigenvalue weighted by Crippen LogP contribution is -2.37. The lowest BCUT2D eigenvalue weighted by atomic mass is 10.1. The van der Waals surface area contributed by atoms with Gasteiger partial charge in [-0.2, -0.15) is 0 Å². The third-order valence-corrected chi connectivity index (χ3v) is 4.63. The SMILES string of the molecule is CC(CNC(C)c1cccc(Br)c1)CN1CCCCC1. The molecule has 0 aromatic heterocycles. The van der Waals surface area contributed by atoms with Crippen LogP contribution in [0.15, 0.2) is 28.7 Å². The van der Waals surface area contributed by atoms with Crippen LogP contribution < -0.4 is 5.32 Å². The summed E-state index contributed by atoms with van der Waals surface area (Å²) in [4.78, 5) is 2.62. The van der Waals surface area contributed by atoms with Crippen molar-refractivity contribution >= 4 is 15.9 Å². The molecule has 2 atom stereocenters. The minimum Gasteiger partial charge on any atom is -0.310 e. The number of hydrogen-bond donors (Lipinski definition) is 1. The summed E-state index contributed by atoms with van der Waals surface area (Å²) in [5.74, 6) is 0.711. The Kier molecular flexibility index (Phi) is 6.53. The van der Waals surface area contributed by atoms with Crippen LogP contribution in [-0.2, 0) is 0 Å². The fraction of sp³-hybridized carbons (Fsp3) is 0.647. The molecule has 112 valence electrons. The molecule has 1 fully saturated rings. The van der Waals surface area contributed by atoms with Crippen molar-refractivity contribution in [2.75, 3.05) is 26.2 Å². The molecule has 0 aliphatic carbocycles. The molecular formula is C17H27BrN2. The topological polar surface area (TPSA) is 15.3 Å². The largest absolute Gasteiger partial charge is 0.310 e. The van der Waals surface area contributed by atoms with Gasteiger partial charge in [-0.25, -0.2) is 0 Å². The van der Waals surface area contributed by atoms with Gasteiger partial charge in [0.2, 0.25) is 0 Å². The average molecular weight is 339 g/mol. The van der Waals surface area contributed by atoms with Crippen molar-refractivity contribution in [1.82, 2.24) is 10.2 Å². The van der Waals surface area contributed by atoms with E-state index in [9.17, 15) is 0 Å². The first-order valence-electron chi connectivity index (χ1n) is 7.86. The Balaban J connectivity index is 1.73. The second kappa shape index (κ2) is 8.16. The van der Waals surface area contributed by atoms with Crippen LogP contribution in [0.5, 0.6) is 0 Å². The highest BCUT2D eigenvalue weighted by atomic mass is 79.9. The van der Waals surface area contributed by atoms with Crippen LogP contribution in [0.1, 0.15) is 44.7 Å². The molecule has 0 radical (unpaired) electrons. The van der Waals surface area contributed by atoms with Crippen LogP contribution in [0.4, 0.5) is 0 Å². The van der Waals surface area contributed by atoms with E-state index in [-0.39, 0.29) is 0 Å². The van der Waals surface area contributed by atoms with Crippen molar-refractivity contribution in [3.63, 3.8) is 0 Å². The van der Waals surface area contributed by atoms with E-state index < -0.39 is 0 Å². The van der Waals surface area contributed by atoms with Crippen molar-refractivity contribution in [3.8, 4) is 0 Å². The number of nitrogens with one attached hydrogen (secondary N) is 1. The van der Waals surface area contributed by atoms with Crippen molar-refractivity contribution in [1.29, 1.82) is 0 Å². The summed E-state index contributed by atoms with van der Waals surface area (Å²) in [6, 6.07) is 8.99. The van der Waals surface area contributed by atoms with Crippen LogP contribution in [0.25, 0.3) is 0 Å². The Morgan fingerprint density at radius 3 is 2.65 bits per heavy atom. The maximum Gasteiger partial charge on any atom is 0.0292 e. The first-order chi connectivity index (χ1) is 9.65. The maximum absolute atomic E-state index is 3.67. The summed E-state index contributed by atoms with van der Waals surface area (Å²) in [5.41, 5.74) is 1.35. The number of hydrogen-bond acceptors (Lipinski definition) is 2. The first-order valence-corrected chi connectivity index (χ1v) is 8.65. The summed E-state index contributed by atoms with van der Waals surface area (Å²) in [6.45, 7) is 9.52.